The average molecular weight is 278 g/mol. The maximum absolute atomic E-state index is 12.3. The number of hydrogen-bond acceptors (Lipinski definition) is 3. The van der Waals surface area contributed by atoms with Crippen LogP contribution in [0.5, 0.6) is 5.75 Å². The molecule has 2 amide bonds. The minimum atomic E-state index is -0.828. The average Bonchev–Trinajstić information content (AvgIpc) is 2.84. The Labute approximate surface area is 117 Å². The van der Waals surface area contributed by atoms with Gasteiger partial charge in [-0.1, -0.05) is 6.07 Å². The SMILES string of the molecule is CN(C(=O)N1CCC(CC(=O)O)C1)c1cccc(O)c1. The highest BCUT2D eigenvalue weighted by Gasteiger charge is 2.29. The summed E-state index contributed by atoms with van der Waals surface area (Å²) in [4.78, 5) is 26.1. The maximum Gasteiger partial charge on any atom is 0.324 e. The van der Waals surface area contributed by atoms with Crippen molar-refractivity contribution in [3.63, 3.8) is 0 Å². The lowest BCUT2D eigenvalue weighted by Gasteiger charge is -2.24. The van der Waals surface area contributed by atoms with Gasteiger partial charge in [0.2, 0.25) is 0 Å². The molecule has 1 aliphatic rings. The van der Waals surface area contributed by atoms with Crippen LogP contribution in [0.15, 0.2) is 24.3 Å². The van der Waals surface area contributed by atoms with Gasteiger partial charge in [-0.05, 0) is 24.5 Å². The second-order valence-electron chi connectivity index (χ2n) is 5.06. The normalized spacial score (nSPS) is 18.1. The number of carbonyl (C=O) groups excluding carboxylic acids is 1. The smallest absolute Gasteiger partial charge is 0.324 e. The fourth-order valence-electron chi connectivity index (χ4n) is 2.44. The summed E-state index contributed by atoms with van der Waals surface area (Å²) in [7, 11) is 1.64. The van der Waals surface area contributed by atoms with E-state index in [1.54, 1.807) is 30.1 Å². The molecule has 0 bridgehead atoms. The molecule has 1 atom stereocenters. The Hall–Kier alpha value is -2.24. The van der Waals surface area contributed by atoms with Gasteiger partial charge in [0.25, 0.3) is 0 Å². The number of likely N-dealkylation sites (tertiary alicyclic amines) is 1. The van der Waals surface area contributed by atoms with Crippen LogP contribution in [0.2, 0.25) is 0 Å². The van der Waals surface area contributed by atoms with Gasteiger partial charge in [0, 0.05) is 38.3 Å². The summed E-state index contributed by atoms with van der Waals surface area (Å²) in [6, 6.07) is 6.29. The van der Waals surface area contributed by atoms with E-state index in [2.05, 4.69) is 0 Å². The minimum absolute atomic E-state index is 0.0222. The first-order valence-electron chi connectivity index (χ1n) is 6.51. The molecule has 6 heteroatoms. The molecule has 2 N–H and O–H groups in total. The second kappa shape index (κ2) is 5.81. The van der Waals surface area contributed by atoms with Gasteiger partial charge in [0.15, 0.2) is 0 Å². The highest BCUT2D eigenvalue weighted by Crippen LogP contribution is 2.24. The van der Waals surface area contributed by atoms with Crippen molar-refractivity contribution in [2.75, 3.05) is 25.0 Å². The summed E-state index contributed by atoms with van der Waals surface area (Å²) in [5.74, 6) is -0.702. The lowest BCUT2D eigenvalue weighted by Crippen LogP contribution is -2.40. The predicted octanol–water partition coefficient (Wildman–Crippen LogP) is 1.75. The molecule has 20 heavy (non-hydrogen) atoms. The van der Waals surface area contributed by atoms with Gasteiger partial charge in [-0.2, -0.15) is 0 Å². The van der Waals surface area contributed by atoms with Gasteiger partial charge in [0.05, 0.1) is 0 Å². The first-order valence-corrected chi connectivity index (χ1v) is 6.51. The Balaban J connectivity index is 2.00. The first kappa shape index (κ1) is 14.2. The Morgan fingerprint density at radius 2 is 2.20 bits per heavy atom. The number of phenolic OH excluding ortho intramolecular Hbond substituents is 1. The number of amides is 2. The third-order valence-corrected chi connectivity index (χ3v) is 3.52. The topological polar surface area (TPSA) is 81.1 Å². The van der Waals surface area contributed by atoms with Crippen molar-refractivity contribution in [3.05, 3.63) is 24.3 Å². The summed E-state index contributed by atoms with van der Waals surface area (Å²) in [6.45, 7) is 1.04. The molecule has 0 spiro atoms. The largest absolute Gasteiger partial charge is 0.508 e. The Morgan fingerprint density at radius 3 is 2.85 bits per heavy atom. The molecule has 2 rings (SSSR count). The van der Waals surface area contributed by atoms with Crippen LogP contribution in [0.3, 0.4) is 0 Å². The van der Waals surface area contributed by atoms with Gasteiger partial charge in [-0.3, -0.25) is 9.69 Å². The Morgan fingerprint density at radius 1 is 1.45 bits per heavy atom. The highest BCUT2D eigenvalue weighted by molar-refractivity contribution is 5.91. The number of phenols is 1. The molecule has 6 nitrogen and oxygen atoms in total. The number of carbonyl (C=O) groups is 2. The van der Waals surface area contributed by atoms with Gasteiger partial charge in [-0.25, -0.2) is 4.79 Å². The van der Waals surface area contributed by atoms with E-state index in [1.165, 1.54) is 11.0 Å². The number of aliphatic carboxylic acids is 1. The summed E-state index contributed by atoms with van der Waals surface area (Å²) in [5.41, 5.74) is 0.608. The number of urea groups is 1. The molecule has 0 saturated carbocycles. The third kappa shape index (κ3) is 3.20. The van der Waals surface area contributed by atoms with Crippen LogP contribution in [0.1, 0.15) is 12.8 Å². The van der Waals surface area contributed by atoms with E-state index in [4.69, 9.17) is 5.11 Å². The third-order valence-electron chi connectivity index (χ3n) is 3.52. The molecule has 1 fully saturated rings. The van der Waals surface area contributed by atoms with Crippen molar-refractivity contribution in [2.45, 2.75) is 12.8 Å². The first-order chi connectivity index (χ1) is 9.47. The van der Waals surface area contributed by atoms with E-state index < -0.39 is 5.97 Å². The molecule has 0 aromatic heterocycles. The number of rotatable bonds is 3. The molecule has 1 heterocycles. The zero-order valence-corrected chi connectivity index (χ0v) is 11.3. The number of anilines is 1. The fourth-order valence-corrected chi connectivity index (χ4v) is 2.44. The molecular formula is C14H18N2O4. The van der Waals surface area contributed by atoms with Crippen molar-refractivity contribution < 1.29 is 19.8 Å². The van der Waals surface area contributed by atoms with Gasteiger partial charge < -0.3 is 15.1 Å². The number of carboxylic acids is 1. The molecule has 0 radical (unpaired) electrons. The zero-order chi connectivity index (χ0) is 14.7. The van der Waals surface area contributed by atoms with Crippen molar-refractivity contribution in [2.24, 2.45) is 5.92 Å². The second-order valence-corrected chi connectivity index (χ2v) is 5.06. The van der Waals surface area contributed by atoms with Crippen LogP contribution in [0, 0.1) is 5.92 Å². The molecule has 1 aromatic carbocycles. The molecule has 1 unspecified atom stereocenters. The van der Waals surface area contributed by atoms with Crippen LogP contribution >= 0.6 is 0 Å². The Bertz CT molecular complexity index is 518. The predicted molar refractivity (Wildman–Crippen MR) is 73.8 cm³/mol. The van der Waals surface area contributed by atoms with Gasteiger partial charge in [0.1, 0.15) is 5.75 Å². The van der Waals surface area contributed by atoms with E-state index in [9.17, 15) is 14.7 Å². The number of carboxylic acid groups (broad SMARTS) is 1. The number of aromatic hydroxyl groups is 1. The summed E-state index contributed by atoms with van der Waals surface area (Å²) < 4.78 is 0. The van der Waals surface area contributed by atoms with Crippen LogP contribution in [-0.2, 0) is 4.79 Å². The molecule has 1 saturated heterocycles. The lowest BCUT2D eigenvalue weighted by molar-refractivity contribution is -0.138. The van der Waals surface area contributed by atoms with Crippen molar-refractivity contribution in [3.8, 4) is 5.75 Å². The number of benzene rings is 1. The molecule has 108 valence electrons. The van der Waals surface area contributed by atoms with Crippen molar-refractivity contribution in [1.29, 1.82) is 0 Å². The van der Waals surface area contributed by atoms with Gasteiger partial charge in [-0.15, -0.1) is 0 Å². The summed E-state index contributed by atoms with van der Waals surface area (Å²) in [5, 5.41) is 18.2. The summed E-state index contributed by atoms with van der Waals surface area (Å²) >= 11 is 0. The molecule has 1 aliphatic heterocycles. The van der Waals surface area contributed by atoms with E-state index >= 15 is 0 Å². The fraction of sp³-hybridized carbons (Fsp3) is 0.429. The van der Waals surface area contributed by atoms with Crippen LogP contribution in [0.25, 0.3) is 0 Å². The van der Waals surface area contributed by atoms with Crippen LogP contribution in [-0.4, -0.2) is 47.3 Å². The van der Waals surface area contributed by atoms with Crippen molar-refractivity contribution in [1.82, 2.24) is 4.90 Å². The van der Waals surface area contributed by atoms with E-state index in [1.807, 2.05) is 0 Å². The Kier molecular flexibility index (Phi) is 4.12. The maximum atomic E-state index is 12.3. The lowest BCUT2D eigenvalue weighted by atomic mass is 10.1. The van der Waals surface area contributed by atoms with E-state index in [0.29, 0.717) is 25.2 Å². The molecule has 0 aliphatic carbocycles. The quantitative estimate of drug-likeness (QED) is 0.882. The minimum Gasteiger partial charge on any atom is -0.508 e. The zero-order valence-electron chi connectivity index (χ0n) is 11.3. The van der Waals surface area contributed by atoms with Crippen molar-refractivity contribution >= 4 is 17.7 Å². The van der Waals surface area contributed by atoms with Gasteiger partial charge >= 0.3 is 12.0 Å². The highest BCUT2D eigenvalue weighted by atomic mass is 16.4. The summed E-state index contributed by atoms with van der Waals surface area (Å²) in [6.07, 6.45) is 0.811. The van der Waals surface area contributed by atoms with E-state index in [0.717, 1.165) is 0 Å². The van der Waals surface area contributed by atoms with E-state index in [-0.39, 0.29) is 24.1 Å². The monoisotopic (exact) mass is 278 g/mol. The van der Waals surface area contributed by atoms with Crippen LogP contribution in [0.4, 0.5) is 10.5 Å². The number of hydrogen-bond donors (Lipinski definition) is 2. The molecular weight excluding hydrogens is 260 g/mol. The standard InChI is InChI=1S/C14H18N2O4/c1-15(11-3-2-4-12(17)8-11)14(20)16-6-5-10(9-16)7-13(18)19/h2-4,8,10,17H,5-7,9H2,1H3,(H,18,19). The van der Waals surface area contributed by atoms with Crippen LogP contribution < -0.4 is 4.90 Å². The number of nitrogens with zero attached hydrogens (tertiary/aromatic N) is 2. The molecule has 1 aromatic rings.